The molecule has 0 saturated heterocycles. The molecular weight excluding hydrogens is 237 g/mol. The molecule has 0 spiro atoms. The van der Waals surface area contributed by atoms with E-state index < -0.39 is 5.54 Å². The fourth-order valence-electron chi connectivity index (χ4n) is 3.30. The molecule has 0 aromatic heterocycles. The predicted molar refractivity (Wildman–Crippen MR) is 75.3 cm³/mol. The Labute approximate surface area is 113 Å². The van der Waals surface area contributed by atoms with E-state index in [1.165, 1.54) is 17.7 Å². The van der Waals surface area contributed by atoms with Crippen molar-refractivity contribution in [3.8, 4) is 0 Å². The first kappa shape index (κ1) is 12.4. The summed E-state index contributed by atoms with van der Waals surface area (Å²) in [5.74, 6) is -0.226. The number of fused-ring (bicyclic) bond motifs is 1. The highest BCUT2D eigenvalue weighted by Gasteiger charge is 2.50. The van der Waals surface area contributed by atoms with Gasteiger partial charge in [-0.15, -0.1) is 0 Å². The van der Waals surface area contributed by atoms with E-state index >= 15 is 0 Å². The maximum Gasteiger partial charge on any atom is 0.123 e. The van der Waals surface area contributed by atoms with Crippen LogP contribution in [0.4, 0.5) is 4.39 Å². The lowest BCUT2D eigenvalue weighted by molar-refractivity contribution is 0.234. The van der Waals surface area contributed by atoms with Crippen molar-refractivity contribution in [1.82, 2.24) is 0 Å². The van der Waals surface area contributed by atoms with Crippen LogP contribution in [0.3, 0.4) is 0 Å². The third-order valence-electron chi connectivity index (χ3n) is 4.44. The molecule has 2 N–H and O–H groups in total. The second kappa shape index (κ2) is 3.91. The molecule has 19 heavy (non-hydrogen) atoms. The molecule has 0 aliphatic heterocycles. The second-order valence-electron chi connectivity index (χ2n) is 6.03. The molecule has 1 aliphatic carbocycles. The minimum absolute atomic E-state index is 0.0888. The highest BCUT2D eigenvalue weighted by atomic mass is 19.1. The third-order valence-corrected chi connectivity index (χ3v) is 4.44. The van der Waals surface area contributed by atoms with Crippen molar-refractivity contribution in [1.29, 1.82) is 0 Å². The Hall–Kier alpha value is -1.67. The molecule has 1 nitrogen and oxygen atoms in total. The van der Waals surface area contributed by atoms with Gasteiger partial charge in [0.2, 0.25) is 0 Å². The van der Waals surface area contributed by atoms with Gasteiger partial charge in [-0.2, -0.15) is 0 Å². The van der Waals surface area contributed by atoms with E-state index in [0.717, 1.165) is 17.5 Å². The Balaban J connectivity index is 2.23. The summed E-state index contributed by atoms with van der Waals surface area (Å²) in [6, 6.07) is 14.9. The molecule has 0 fully saturated rings. The highest BCUT2D eigenvalue weighted by molar-refractivity contribution is 5.49. The minimum atomic E-state index is -0.558. The van der Waals surface area contributed by atoms with Crippen LogP contribution in [-0.2, 0) is 12.0 Å². The first-order valence-corrected chi connectivity index (χ1v) is 6.58. The average Bonchev–Trinajstić information content (AvgIpc) is 2.59. The number of rotatable bonds is 1. The van der Waals surface area contributed by atoms with E-state index in [4.69, 9.17) is 5.73 Å². The Kier molecular flexibility index (Phi) is 2.55. The smallest absolute Gasteiger partial charge is 0.123 e. The molecule has 2 heteroatoms. The lowest BCUT2D eigenvalue weighted by Crippen LogP contribution is -2.47. The van der Waals surface area contributed by atoms with Crippen LogP contribution < -0.4 is 5.73 Å². The lowest BCUT2D eigenvalue weighted by atomic mass is 9.69. The molecule has 2 aromatic carbocycles. The number of hydrogen-bond acceptors (Lipinski definition) is 1. The number of hydrogen-bond donors (Lipinski definition) is 1. The van der Waals surface area contributed by atoms with E-state index in [2.05, 4.69) is 26.0 Å². The fraction of sp³-hybridized carbons (Fsp3) is 0.294. The van der Waals surface area contributed by atoms with Gasteiger partial charge in [-0.3, -0.25) is 0 Å². The Morgan fingerprint density at radius 3 is 2.32 bits per heavy atom. The van der Waals surface area contributed by atoms with Crippen molar-refractivity contribution >= 4 is 0 Å². The molecule has 2 aromatic rings. The van der Waals surface area contributed by atoms with Gasteiger partial charge in [-0.25, -0.2) is 4.39 Å². The monoisotopic (exact) mass is 255 g/mol. The topological polar surface area (TPSA) is 26.0 Å². The molecule has 3 rings (SSSR count). The number of benzene rings is 2. The van der Waals surface area contributed by atoms with E-state index in [9.17, 15) is 4.39 Å². The zero-order chi connectivity index (χ0) is 13.7. The lowest BCUT2D eigenvalue weighted by Gasteiger charge is -2.39. The van der Waals surface area contributed by atoms with Gasteiger partial charge in [-0.1, -0.05) is 50.2 Å². The summed E-state index contributed by atoms with van der Waals surface area (Å²) in [5.41, 5.74) is 9.58. The van der Waals surface area contributed by atoms with Crippen LogP contribution in [0.5, 0.6) is 0 Å². The summed E-state index contributed by atoms with van der Waals surface area (Å²) < 4.78 is 13.1. The van der Waals surface area contributed by atoms with Crippen LogP contribution >= 0.6 is 0 Å². The Bertz CT molecular complexity index is 615. The first-order valence-electron chi connectivity index (χ1n) is 6.58. The first-order chi connectivity index (χ1) is 8.95. The van der Waals surface area contributed by atoms with Crippen molar-refractivity contribution in [3.63, 3.8) is 0 Å². The molecule has 1 aliphatic rings. The summed E-state index contributed by atoms with van der Waals surface area (Å²) in [7, 11) is 0. The summed E-state index contributed by atoms with van der Waals surface area (Å²) in [4.78, 5) is 0. The second-order valence-corrected chi connectivity index (χ2v) is 6.03. The fourth-order valence-corrected chi connectivity index (χ4v) is 3.30. The molecule has 1 atom stereocenters. The van der Waals surface area contributed by atoms with Crippen LogP contribution in [0.1, 0.15) is 30.5 Å². The number of halogens is 1. The molecule has 1 unspecified atom stereocenters. The van der Waals surface area contributed by atoms with Crippen LogP contribution in [-0.4, -0.2) is 0 Å². The van der Waals surface area contributed by atoms with Crippen molar-refractivity contribution in [2.75, 3.05) is 0 Å². The van der Waals surface area contributed by atoms with E-state index in [1.54, 1.807) is 12.1 Å². The molecule has 0 radical (unpaired) electrons. The van der Waals surface area contributed by atoms with Gasteiger partial charge in [0.05, 0.1) is 5.54 Å². The molecule has 98 valence electrons. The summed E-state index contributed by atoms with van der Waals surface area (Å²) in [6.07, 6.45) is 0.942. The summed E-state index contributed by atoms with van der Waals surface area (Å²) in [5, 5.41) is 0. The van der Waals surface area contributed by atoms with Crippen molar-refractivity contribution < 1.29 is 4.39 Å². The standard InChI is InChI=1S/C17H18FN/c1-16(2)11-12-5-3-4-6-15(12)17(16,19)13-7-9-14(18)10-8-13/h3-10H,11,19H2,1-2H3. The van der Waals surface area contributed by atoms with Gasteiger partial charge >= 0.3 is 0 Å². The SMILES string of the molecule is CC1(C)Cc2ccccc2C1(N)c1ccc(F)cc1. The quantitative estimate of drug-likeness (QED) is 0.827. The molecule has 0 amide bonds. The molecule has 0 saturated carbocycles. The third kappa shape index (κ3) is 1.63. The number of nitrogens with two attached hydrogens (primary N) is 1. The largest absolute Gasteiger partial charge is 0.317 e. The maximum absolute atomic E-state index is 13.1. The van der Waals surface area contributed by atoms with Gasteiger partial charge in [-0.05, 0) is 40.7 Å². The van der Waals surface area contributed by atoms with Crippen molar-refractivity contribution in [2.24, 2.45) is 11.1 Å². The Morgan fingerprint density at radius 2 is 1.63 bits per heavy atom. The van der Waals surface area contributed by atoms with Crippen LogP contribution in [0.2, 0.25) is 0 Å². The molecule has 0 bridgehead atoms. The van der Waals surface area contributed by atoms with Gasteiger partial charge in [0.1, 0.15) is 5.82 Å². The average molecular weight is 255 g/mol. The normalized spacial score (nSPS) is 24.2. The van der Waals surface area contributed by atoms with Gasteiger partial charge < -0.3 is 5.73 Å². The maximum atomic E-state index is 13.1. The molecular formula is C17H18FN. The minimum Gasteiger partial charge on any atom is -0.317 e. The van der Waals surface area contributed by atoms with E-state index in [0.29, 0.717) is 0 Å². The van der Waals surface area contributed by atoms with Crippen LogP contribution in [0, 0.1) is 11.2 Å². The van der Waals surface area contributed by atoms with E-state index in [1.807, 2.05) is 12.1 Å². The summed E-state index contributed by atoms with van der Waals surface area (Å²) in [6.45, 7) is 4.35. The van der Waals surface area contributed by atoms with Gasteiger partial charge in [0.25, 0.3) is 0 Å². The van der Waals surface area contributed by atoms with Gasteiger partial charge in [0.15, 0.2) is 0 Å². The zero-order valence-electron chi connectivity index (χ0n) is 11.3. The van der Waals surface area contributed by atoms with E-state index in [-0.39, 0.29) is 11.2 Å². The van der Waals surface area contributed by atoms with Crippen LogP contribution in [0.25, 0.3) is 0 Å². The highest BCUT2D eigenvalue weighted by Crippen LogP contribution is 2.51. The van der Waals surface area contributed by atoms with Gasteiger partial charge in [0, 0.05) is 0 Å². The predicted octanol–water partition coefficient (Wildman–Crippen LogP) is 3.61. The molecule has 0 heterocycles. The van der Waals surface area contributed by atoms with Crippen molar-refractivity contribution in [3.05, 3.63) is 71.0 Å². The van der Waals surface area contributed by atoms with Crippen LogP contribution in [0.15, 0.2) is 48.5 Å². The Morgan fingerprint density at radius 1 is 1.00 bits per heavy atom. The van der Waals surface area contributed by atoms with Crippen molar-refractivity contribution in [2.45, 2.75) is 25.8 Å². The summed E-state index contributed by atoms with van der Waals surface area (Å²) >= 11 is 0. The zero-order valence-corrected chi connectivity index (χ0v) is 11.3.